The molecule has 30 heavy (non-hydrogen) atoms. The van der Waals surface area contributed by atoms with Gasteiger partial charge in [-0.25, -0.2) is 13.6 Å². The molecule has 0 aromatic heterocycles. The van der Waals surface area contributed by atoms with Gasteiger partial charge in [0.25, 0.3) is 0 Å². The Morgan fingerprint density at radius 1 is 1.17 bits per heavy atom. The number of anilines is 2. The lowest BCUT2D eigenvalue weighted by atomic mass is 10.2. The summed E-state index contributed by atoms with van der Waals surface area (Å²) in [5.41, 5.74) is 1.16. The van der Waals surface area contributed by atoms with E-state index in [9.17, 15) is 13.6 Å². The molecule has 1 aliphatic heterocycles. The third kappa shape index (κ3) is 5.20. The third-order valence-electron chi connectivity index (χ3n) is 4.01. The molecule has 7 nitrogen and oxygen atoms in total. The van der Waals surface area contributed by atoms with Gasteiger partial charge in [0.15, 0.2) is 0 Å². The number of hydrogen-bond acceptors (Lipinski definition) is 5. The molecule has 2 aromatic rings. The largest absolute Gasteiger partial charge is 0.494 e. The maximum atomic E-state index is 13.7. The van der Waals surface area contributed by atoms with Gasteiger partial charge in [0, 0.05) is 16.2 Å². The zero-order valence-corrected chi connectivity index (χ0v) is 17.5. The number of nitrogens with zero attached hydrogens (tertiary/aromatic N) is 2. The summed E-state index contributed by atoms with van der Waals surface area (Å²) in [7, 11) is 1.48. The van der Waals surface area contributed by atoms with E-state index in [2.05, 4.69) is 36.8 Å². The Hall–Kier alpha value is -3.27. The zero-order valence-electron chi connectivity index (χ0n) is 15.9. The van der Waals surface area contributed by atoms with Gasteiger partial charge < -0.3 is 20.1 Å². The lowest BCUT2D eigenvalue weighted by Crippen LogP contribution is -2.20. The maximum absolute atomic E-state index is 13.7. The number of amides is 2. The van der Waals surface area contributed by atoms with Crippen molar-refractivity contribution in [2.24, 2.45) is 10.2 Å². The summed E-state index contributed by atoms with van der Waals surface area (Å²) in [6, 6.07) is 6.88. The van der Waals surface area contributed by atoms with Gasteiger partial charge in [-0.1, -0.05) is 0 Å². The average Bonchev–Trinajstić information content (AvgIpc) is 2.70. The van der Waals surface area contributed by atoms with Crippen LogP contribution in [0.25, 0.3) is 0 Å². The molecule has 1 aliphatic rings. The predicted octanol–water partition coefficient (Wildman–Crippen LogP) is 6.24. The SMILES string of the molecule is COc1ccc(NC(=O)Nc2ccc(F)cc2F)cc1N=NC1=C(Br)C=COC1C. The minimum absolute atomic E-state index is 0.154. The van der Waals surface area contributed by atoms with Crippen LogP contribution >= 0.6 is 15.9 Å². The molecule has 0 aliphatic carbocycles. The fourth-order valence-corrected chi connectivity index (χ4v) is 3.03. The zero-order chi connectivity index (χ0) is 21.7. The van der Waals surface area contributed by atoms with Crippen LogP contribution in [0, 0.1) is 11.6 Å². The highest BCUT2D eigenvalue weighted by molar-refractivity contribution is 9.11. The molecule has 0 fully saturated rings. The van der Waals surface area contributed by atoms with E-state index in [0.717, 1.165) is 16.6 Å². The van der Waals surface area contributed by atoms with Crippen molar-refractivity contribution in [3.05, 3.63) is 70.6 Å². The molecular formula is C20H17BrF2N4O3. The van der Waals surface area contributed by atoms with E-state index in [4.69, 9.17) is 9.47 Å². The minimum Gasteiger partial charge on any atom is -0.494 e. The molecule has 156 valence electrons. The van der Waals surface area contributed by atoms with Crippen molar-refractivity contribution in [1.82, 2.24) is 0 Å². The average molecular weight is 479 g/mol. The van der Waals surface area contributed by atoms with Crippen molar-refractivity contribution in [1.29, 1.82) is 0 Å². The molecule has 3 rings (SSSR count). The molecule has 2 N–H and O–H groups in total. The maximum Gasteiger partial charge on any atom is 0.323 e. The number of carbonyl (C=O) groups excluding carboxylic acids is 1. The summed E-state index contributed by atoms with van der Waals surface area (Å²) in [5, 5.41) is 13.3. The normalized spacial score (nSPS) is 15.8. The number of urea groups is 1. The van der Waals surface area contributed by atoms with E-state index in [1.165, 1.54) is 7.11 Å². The molecule has 2 amide bonds. The summed E-state index contributed by atoms with van der Waals surface area (Å²) in [5.74, 6) is -1.18. The first kappa shape index (κ1) is 21.4. The van der Waals surface area contributed by atoms with Crippen molar-refractivity contribution >= 4 is 39.0 Å². The summed E-state index contributed by atoms with van der Waals surface area (Å²) < 4.78 is 38.1. The number of nitrogens with one attached hydrogen (secondary N) is 2. The first-order valence-electron chi connectivity index (χ1n) is 8.72. The highest BCUT2D eigenvalue weighted by Crippen LogP contribution is 2.33. The molecule has 0 bridgehead atoms. The van der Waals surface area contributed by atoms with Crippen molar-refractivity contribution < 1.29 is 23.0 Å². The summed E-state index contributed by atoms with van der Waals surface area (Å²) in [6.07, 6.45) is 2.97. The van der Waals surface area contributed by atoms with Crippen molar-refractivity contribution in [3.63, 3.8) is 0 Å². The van der Waals surface area contributed by atoms with Crippen molar-refractivity contribution in [2.45, 2.75) is 13.0 Å². The van der Waals surface area contributed by atoms with Crippen LogP contribution in [0.15, 0.2) is 69.1 Å². The molecule has 0 saturated heterocycles. The lowest BCUT2D eigenvalue weighted by molar-refractivity contribution is 0.186. The molecule has 1 atom stereocenters. The van der Waals surface area contributed by atoms with Crippen LogP contribution < -0.4 is 15.4 Å². The summed E-state index contributed by atoms with van der Waals surface area (Å²) in [4.78, 5) is 12.2. The molecule has 2 aromatic carbocycles. The third-order valence-corrected chi connectivity index (χ3v) is 4.68. The number of hydrogen-bond donors (Lipinski definition) is 2. The Morgan fingerprint density at radius 2 is 1.97 bits per heavy atom. The van der Waals surface area contributed by atoms with Crippen LogP contribution in [0.1, 0.15) is 6.92 Å². The lowest BCUT2D eigenvalue weighted by Gasteiger charge is -2.16. The smallest absolute Gasteiger partial charge is 0.323 e. The van der Waals surface area contributed by atoms with Crippen molar-refractivity contribution in [3.8, 4) is 5.75 Å². The van der Waals surface area contributed by atoms with E-state index in [0.29, 0.717) is 28.9 Å². The molecular weight excluding hydrogens is 462 g/mol. The van der Waals surface area contributed by atoms with Gasteiger partial charge in [0.2, 0.25) is 0 Å². The van der Waals surface area contributed by atoms with Crippen LogP contribution in [0.2, 0.25) is 0 Å². The fraction of sp³-hybridized carbons (Fsp3) is 0.150. The van der Waals surface area contributed by atoms with Crippen LogP contribution in [0.3, 0.4) is 0 Å². The Kier molecular flexibility index (Phi) is 6.78. The van der Waals surface area contributed by atoms with E-state index in [1.807, 2.05) is 6.92 Å². The Balaban J connectivity index is 1.78. The Morgan fingerprint density at radius 3 is 2.67 bits per heavy atom. The van der Waals surface area contributed by atoms with Gasteiger partial charge in [-0.2, -0.15) is 0 Å². The van der Waals surface area contributed by atoms with Gasteiger partial charge in [-0.15, -0.1) is 10.2 Å². The minimum atomic E-state index is -0.883. The number of rotatable bonds is 5. The number of halogens is 3. The van der Waals surface area contributed by atoms with Gasteiger partial charge in [-0.05, 0) is 59.3 Å². The van der Waals surface area contributed by atoms with Crippen LogP contribution in [-0.4, -0.2) is 19.2 Å². The first-order valence-corrected chi connectivity index (χ1v) is 9.51. The molecule has 0 saturated carbocycles. The van der Waals surface area contributed by atoms with Gasteiger partial charge in [0.05, 0.1) is 19.1 Å². The quantitative estimate of drug-likeness (QED) is 0.498. The van der Waals surface area contributed by atoms with Crippen LogP contribution in [0.4, 0.5) is 30.6 Å². The monoisotopic (exact) mass is 478 g/mol. The van der Waals surface area contributed by atoms with Gasteiger partial charge in [-0.3, -0.25) is 0 Å². The second kappa shape index (κ2) is 9.49. The van der Waals surface area contributed by atoms with E-state index >= 15 is 0 Å². The molecule has 1 heterocycles. The molecule has 0 radical (unpaired) electrons. The van der Waals surface area contributed by atoms with E-state index in [1.54, 1.807) is 30.5 Å². The highest BCUT2D eigenvalue weighted by atomic mass is 79.9. The topological polar surface area (TPSA) is 84.3 Å². The van der Waals surface area contributed by atoms with Crippen LogP contribution in [0.5, 0.6) is 5.75 Å². The highest BCUT2D eigenvalue weighted by Gasteiger charge is 2.16. The second-order valence-corrected chi connectivity index (χ2v) is 6.96. The second-order valence-electron chi connectivity index (χ2n) is 6.10. The van der Waals surface area contributed by atoms with Gasteiger partial charge in [0.1, 0.15) is 34.9 Å². The fourth-order valence-electron chi connectivity index (χ4n) is 2.52. The Bertz CT molecular complexity index is 1060. The van der Waals surface area contributed by atoms with Crippen LogP contribution in [-0.2, 0) is 4.74 Å². The van der Waals surface area contributed by atoms with E-state index < -0.39 is 17.7 Å². The first-order chi connectivity index (χ1) is 14.4. The number of benzene rings is 2. The summed E-state index contributed by atoms with van der Waals surface area (Å²) in [6.45, 7) is 1.83. The Labute approximate surface area is 179 Å². The molecule has 10 heteroatoms. The standard InChI is InChI=1S/C20H17BrF2N4O3/c1-11-19(14(21)7-8-30-11)27-26-17-10-13(4-6-18(17)29-2)24-20(28)25-16-5-3-12(22)9-15(16)23/h3-11H,1-2H3,(H2,24,25,28). The molecule has 1 unspecified atom stereocenters. The van der Waals surface area contributed by atoms with E-state index in [-0.39, 0.29) is 11.8 Å². The molecule has 0 spiro atoms. The number of carbonyl (C=O) groups is 1. The number of azo groups is 1. The van der Waals surface area contributed by atoms with Crippen molar-refractivity contribution in [2.75, 3.05) is 17.7 Å². The number of allylic oxidation sites excluding steroid dienone is 2. The number of ether oxygens (including phenoxy) is 2. The van der Waals surface area contributed by atoms with Gasteiger partial charge >= 0.3 is 6.03 Å². The number of methoxy groups -OCH3 is 1. The predicted molar refractivity (Wildman–Crippen MR) is 112 cm³/mol. The summed E-state index contributed by atoms with van der Waals surface area (Å²) >= 11 is 3.40.